The fourth-order valence-corrected chi connectivity index (χ4v) is 3.74. The molecule has 2 aromatic carbocycles. The monoisotopic (exact) mass is 405 g/mol. The van der Waals surface area contributed by atoms with Crippen molar-refractivity contribution >= 4 is 28.4 Å². The molecule has 0 aliphatic carbocycles. The van der Waals surface area contributed by atoms with Crippen LogP contribution in [0.15, 0.2) is 48.5 Å². The van der Waals surface area contributed by atoms with Crippen LogP contribution in [0.4, 0.5) is 5.69 Å². The summed E-state index contributed by atoms with van der Waals surface area (Å²) in [5.41, 5.74) is 3.38. The second-order valence-corrected chi connectivity index (χ2v) is 8.01. The molecule has 156 valence electrons. The number of H-pyrrole nitrogens is 1. The lowest BCUT2D eigenvalue weighted by Gasteiger charge is -2.34. The molecule has 0 unspecified atom stereocenters. The first kappa shape index (κ1) is 20.1. The molecule has 1 fully saturated rings. The second kappa shape index (κ2) is 8.67. The number of rotatable bonds is 5. The molecular formula is C23H27N5O2. The summed E-state index contributed by atoms with van der Waals surface area (Å²) in [5, 5.41) is 10.9. The zero-order chi connectivity index (χ0) is 21.1. The van der Waals surface area contributed by atoms with E-state index in [4.69, 9.17) is 0 Å². The van der Waals surface area contributed by atoms with E-state index in [0.717, 1.165) is 16.6 Å². The highest BCUT2D eigenvalue weighted by atomic mass is 16.2. The van der Waals surface area contributed by atoms with Gasteiger partial charge in [-0.3, -0.25) is 19.6 Å². The van der Waals surface area contributed by atoms with Crippen molar-refractivity contribution in [2.75, 3.05) is 38.0 Å². The Bertz CT molecular complexity index is 1030. The molecule has 30 heavy (non-hydrogen) atoms. The number of hydrogen-bond donors (Lipinski definition) is 2. The van der Waals surface area contributed by atoms with E-state index < -0.39 is 0 Å². The molecule has 2 N–H and O–H groups in total. The molecule has 0 radical (unpaired) electrons. The highest BCUT2D eigenvalue weighted by molar-refractivity contribution is 6.04. The Labute approximate surface area is 176 Å². The van der Waals surface area contributed by atoms with Crippen LogP contribution >= 0.6 is 0 Å². The van der Waals surface area contributed by atoms with Crippen molar-refractivity contribution < 1.29 is 9.59 Å². The van der Waals surface area contributed by atoms with Crippen LogP contribution in [0.25, 0.3) is 10.9 Å². The molecule has 0 atom stereocenters. The Morgan fingerprint density at radius 2 is 1.73 bits per heavy atom. The van der Waals surface area contributed by atoms with Crippen LogP contribution < -0.4 is 5.32 Å². The molecule has 7 nitrogen and oxygen atoms in total. The van der Waals surface area contributed by atoms with Crippen LogP contribution in [0.2, 0.25) is 0 Å². The maximum Gasteiger partial charge on any atom is 0.275 e. The van der Waals surface area contributed by atoms with Gasteiger partial charge >= 0.3 is 0 Å². The number of aromatic amines is 1. The Balaban J connectivity index is 1.29. The van der Waals surface area contributed by atoms with E-state index in [9.17, 15) is 9.59 Å². The molecule has 2 amide bonds. The lowest BCUT2D eigenvalue weighted by Crippen LogP contribution is -2.50. The average Bonchev–Trinajstić information content (AvgIpc) is 3.18. The molecule has 3 aromatic rings. The van der Waals surface area contributed by atoms with E-state index in [1.165, 1.54) is 5.56 Å². The molecule has 0 spiro atoms. The predicted molar refractivity (Wildman–Crippen MR) is 118 cm³/mol. The van der Waals surface area contributed by atoms with Gasteiger partial charge in [0.2, 0.25) is 5.91 Å². The number of piperazine rings is 1. The standard InChI is InChI=1S/C23H27N5O2/c1-16(2)17-7-9-18(10-8-17)24-21(29)15-27-11-13-28(14-12-27)23(30)22-19-5-3-4-6-20(19)25-26-22/h3-10,16H,11-15H2,1-2H3,(H,24,29)(H,25,26). The maximum atomic E-state index is 12.9. The summed E-state index contributed by atoms with van der Waals surface area (Å²) in [6.45, 7) is 7.09. The first-order valence-electron chi connectivity index (χ1n) is 10.4. The van der Waals surface area contributed by atoms with Gasteiger partial charge in [0.15, 0.2) is 5.69 Å². The molecule has 2 heterocycles. The fraction of sp³-hybridized carbons (Fsp3) is 0.348. The molecule has 0 saturated carbocycles. The predicted octanol–water partition coefficient (Wildman–Crippen LogP) is 3.08. The number of amides is 2. The number of aromatic nitrogens is 2. The number of nitrogens with zero attached hydrogens (tertiary/aromatic N) is 3. The summed E-state index contributed by atoms with van der Waals surface area (Å²) in [4.78, 5) is 29.1. The molecule has 1 aliphatic rings. The lowest BCUT2D eigenvalue weighted by atomic mass is 10.0. The third kappa shape index (κ3) is 4.36. The van der Waals surface area contributed by atoms with Crippen LogP contribution in [0.5, 0.6) is 0 Å². The topological polar surface area (TPSA) is 81.3 Å². The van der Waals surface area contributed by atoms with Gasteiger partial charge in [-0.15, -0.1) is 0 Å². The van der Waals surface area contributed by atoms with Gasteiger partial charge in [0.25, 0.3) is 5.91 Å². The van der Waals surface area contributed by atoms with E-state index >= 15 is 0 Å². The Morgan fingerprint density at radius 3 is 2.43 bits per heavy atom. The van der Waals surface area contributed by atoms with Crippen LogP contribution in [-0.2, 0) is 4.79 Å². The van der Waals surface area contributed by atoms with Gasteiger partial charge < -0.3 is 10.2 Å². The van der Waals surface area contributed by atoms with E-state index in [-0.39, 0.29) is 11.8 Å². The average molecular weight is 406 g/mol. The lowest BCUT2D eigenvalue weighted by molar-refractivity contribution is -0.117. The summed E-state index contributed by atoms with van der Waals surface area (Å²) in [5.74, 6) is 0.361. The van der Waals surface area contributed by atoms with Crippen molar-refractivity contribution in [1.82, 2.24) is 20.0 Å². The highest BCUT2D eigenvalue weighted by Crippen LogP contribution is 2.19. The molecule has 7 heteroatoms. The number of carbonyl (C=O) groups is 2. The normalized spacial score (nSPS) is 15.0. The summed E-state index contributed by atoms with van der Waals surface area (Å²) >= 11 is 0. The number of nitrogens with one attached hydrogen (secondary N) is 2. The molecule has 1 aliphatic heterocycles. The summed E-state index contributed by atoms with van der Waals surface area (Å²) in [6, 6.07) is 15.6. The van der Waals surface area contributed by atoms with Gasteiger partial charge in [0.1, 0.15) is 0 Å². The van der Waals surface area contributed by atoms with Gasteiger partial charge in [-0.2, -0.15) is 5.10 Å². The van der Waals surface area contributed by atoms with Crippen molar-refractivity contribution in [3.05, 3.63) is 59.8 Å². The van der Waals surface area contributed by atoms with Gasteiger partial charge in [-0.25, -0.2) is 0 Å². The van der Waals surface area contributed by atoms with E-state index in [2.05, 4.69) is 34.3 Å². The van der Waals surface area contributed by atoms with Gasteiger partial charge in [-0.05, 0) is 29.7 Å². The van der Waals surface area contributed by atoms with Crippen LogP contribution in [0.3, 0.4) is 0 Å². The van der Waals surface area contributed by atoms with Gasteiger partial charge in [0.05, 0.1) is 12.1 Å². The van der Waals surface area contributed by atoms with Crippen molar-refractivity contribution in [3.63, 3.8) is 0 Å². The molecule has 4 rings (SSSR count). The smallest absolute Gasteiger partial charge is 0.275 e. The van der Waals surface area contributed by atoms with Crippen molar-refractivity contribution in [1.29, 1.82) is 0 Å². The zero-order valence-electron chi connectivity index (χ0n) is 17.4. The minimum absolute atomic E-state index is 0.0367. The minimum Gasteiger partial charge on any atom is -0.335 e. The zero-order valence-corrected chi connectivity index (χ0v) is 17.4. The number of hydrogen-bond acceptors (Lipinski definition) is 4. The number of para-hydroxylation sites is 1. The van der Waals surface area contributed by atoms with Crippen molar-refractivity contribution in [2.45, 2.75) is 19.8 Å². The number of fused-ring (bicyclic) bond motifs is 1. The third-order valence-electron chi connectivity index (χ3n) is 5.56. The van der Waals surface area contributed by atoms with E-state index in [1.807, 2.05) is 53.4 Å². The minimum atomic E-state index is -0.0678. The Kier molecular flexibility index (Phi) is 5.81. The third-order valence-corrected chi connectivity index (χ3v) is 5.56. The Hall–Kier alpha value is -3.19. The maximum absolute atomic E-state index is 12.9. The number of carbonyl (C=O) groups excluding carboxylic acids is 2. The first-order chi connectivity index (χ1) is 14.5. The number of benzene rings is 2. The van der Waals surface area contributed by atoms with Crippen molar-refractivity contribution in [3.8, 4) is 0 Å². The van der Waals surface area contributed by atoms with Crippen LogP contribution in [0, 0.1) is 0 Å². The first-order valence-corrected chi connectivity index (χ1v) is 10.4. The molecule has 1 aromatic heterocycles. The van der Waals surface area contributed by atoms with E-state index in [0.29, 0.717) is 44.3 Å². The van der Waals surface area contributed by atoms with Crippen LogP contribution in [-0.4, -0.2) is 64.5 Å². The number of anilines is 1. The van der Waals surface area contributed by atoms with Gasteiger partial charge in [0, 0.05) is 37.3 Å². The van der Waals surface area contributed by atoms with E-state index in [1.54, 1.807) is 0 Å². The SMILES string of the molecule is CC(C)c1ccc(NC(=O)CN2CCN(C(=O)c3n[nH]c4ccccc34)CC2)cc1. The molecule has 1 saturated heterocycles. The van der Waals surface area contributed by atoms with Gasteiger partial charge in [-0.1, -0.05) is 44.2 Å². The Morgan fingerprint density at radius 1 is 1.03 bits per heavy atom. The summed E-state index contributed by atoms with van der Waals surface area (Å²) in [7, 11) is 0. The summed E-state index contributed by atoms with van der Waals surface area (Å²) < 4.78 is 0. The second-order valence-electron chi connectivity index (χ2n) is 8.01. The largest absolute Gasteiger partial charge is 0.335 e. The fourth-order valence-electron chi connectivity index (χ4n) is 3.74. The van der Waals surface area contributed by atoms with Crippen LogP contribution in [0.1, 0.15) is 35.8 Å². The molecule has 0 bridgehead atoms. The van der Waals surface area contributed by atoms with Crippen molar-refractivity contribution in [2.24, 2.45) is 0 Å². The molecular weight excluding hydrogens is 378 g/mol. The quantitative estimate of drug-likeness (QED) is 0.684. The summed E-state index contributed by atoms with van der Waals surface area (Å²) in [6.07, 6.45) is 0. The highest BCUT2D eigenvalue weighted by Gasteiger charge is 2.25.